The quantitative estimate of drug-likeness (QED) is 0.778. The zero-order valence-corrected chi connectivity index (χ0v) is 13.6. The summed E-state index contributed by atoms with van der Waals surface area (Å²) in [5.41, 5.74) is 0.929. The SMILES string of the molecule is CCOc1ccc([C@H](C)NC(=O)[C@H]2[C@H](C(=O)O)[C@H]3C=C[C@H]2O3)cc1. The predicted octanol–water partition coefficient (Wildman–Crippen LogP) is 1.92. The maximum atomic E-state index is 12.6. The number of hydrogen-bond acceptors (Lipinski definition) is 4. The number of rotatable bonds is 6. The largest absolute Gasteiger partial charge is 0.494 e. The average molecular weight is 331 g/mol. The Morgan fingerprint density at radius 2 is 1.83 bits per heavy atom. The van der Waals surface area contributed by atoms with Crippen molar-refractivity contribution in [3.8, 4) is 5.75 Å². The molecule has 0 unspecified atom stereocenters. The zero-order valence-electron chi connectivity index (χ0n) is 13.6. The number of carboxylic acids is 1. The van der Waals surface area contributed by atoms with E-state index in [1.807, 2.05) is 38.1 Å². The summed E-state index contributed by atoms with van der Waals surface area (Å²) in [5, 5.41) is 12.3. The van der Waals surface area contributed by atoms with E-state index >= 15 is 0 Å². The fourth-order valence-corrected chi connectivity index (χ4v) is 3.33. The van der Waals surface area contributed by atoms with Crippen molar-refractivity contribution in [1.82, 2.24) is 5.32 Å². The average Bonchev–Trinajstić information content (AvgIpc) is 3.16. The molecule has 0 spiro atoms. The van der Waals surface area contributed by atoms with Crippen LogP contribution >= 0.6 is 0 Å². The Balaban J connectivity index is 1.67. The summed E-state index contributed by atoms with van der Waals surface area (Å²) in [6.07, 6.45) is 2.53. The molecule has 1 aromatic rings. The van der Waals surface area contributed by atoms with Crippen LogP contribution in [0.4, 0.5) is 0 Å². The molecule has 24 heavy (non-hydrogen) atoms. The van der Waals surface area contributed by atoms with Crippen molar-refractivity contribution in [2.75, 3.05) is 6.61 Å². The molecule has 2 bridgehead atoms. The van der Waals surface area contributed by atoms with Gasteiger partial charge in [-0.05, 0) is 31.5 Å². The van der Waals surface area contributed by atoms with E-state index in [0.29, 0.717) is 6.61 Å². The molecule has 2 heterocycles. The number of carbonyl (C=O) groups is 2. The monoisotopic (exact) mass is 331 g/mol. The molecule has 0 aliphatic carbocycles. The Labute approximate surface area is 140 Å². The number of carbonyl (C=O) groups excluding carboxylic acids is 1. The van der Waals surface area contributed by atoms with Gasteiger partial charge in [0.25, 0.3) is 0 Å². The summed E-state index contributed by atoms with van der Waals surface area (Å²) >= 11 is 0. The van der Waals surface area contributed by atoms with Crippen molar-refractivity contribution in [3.05, 3.63) is 42.0 Å². The molecule has 1 amide bonds. The van der Waals surface area contributed by atoms with Crippen LogP contribution in [0, 0.1) is 11.8 Å². The van der Waals surface area contributed by atoms with Gasteiger partial charge in [-0.15, -0.1) is 0 Å². The van der Waals surface area contributed by atoms with E-state index in [0.717, 1.165) is 11.3 Å². The molecule has 0 saturated carbocycles. The number of fused-ring (bicyclic) bond motifs is 2. The summed E-state index contributed by atoms with van der Waals surface area (Å²) in [6, 6.07) is 7.25. The Morgan fingerprint density at radius 3 is 2.42 bits per heavy atom. The van der Waals surface area contributed by atoms with Crippen LogP contribution in [0.5, 0.6) is 5.75 Å². The second-order valence-corrected chi connectivity index (χ2v) is 6.07. The van der Waals surface area contributed by atoms with Crippen molar-refractivity contribution >= 4 is 11.9 Å². The molecular formula is C18H21NO5. The normalized spacial score (nSPS) is 28.6. The highest BCUT2D eigenvalue weighted by Gasteiger charge is 2.53. The summed E-state index contributed by atoms with van der Waals surface area (Å²) in [4.78, 5) is 24.0. The van der Waals surface area contributed by atoms with Crippen LogP contribution in [0.25, 0.3) is 0 Å². The van der Waals surface area contributed by atoms with Gasteiger partial charge in [-0.2, -0.15) is 0 Å². The number of carboxylic acid groups (broad SMARTS) is 1. The van der Waals surface area contributed by atoms with E-state index in [1.165, 1.54) is 0 Å². The van der Waals surface area contributed by atoms with Gasteiger partial charge in [0.15, 0.2) is 0 Å². The molecule has 6 heteroatoms. The molecule has 2 aliphatic rings. The fourth-order valence-electron chi connectivity index (χ4n) is 3.33. The van der Waals surface area contributed by atoms with Crippen molar-refractivity contribution in [1.29, 1.82) is 0 Å². The minimum Gasteiger partial charge on any atom is -0.494 e. The number of hydrogen-bond donors (Lipinski definition) is 2. The lowest BCUT2D eigenvalue weighted by atomic mass is 9.82. The van der Waals surface area contributed by atoms with Gasteiger partial charge < -0.3 is 19.9 Å². The van der Waals surface area contributed by atoms with Gasteiger partial charge in [0.1, 0.15) is 11.7 Å². The van der Waals surface area contributed by atoms with Gasteiger partial charge in [-0.25, -0.2) is 0 Å². The molecule has 3 rings (SSSR count). The van der Waals surface area contributed by atoms with Crippen LogP contribution in [0.2, 0.25) is 0 Å². The maximum Gasteiger partial charge on any atom is 0.310 e. The van der Waals surface area contributed by atoms with Crippen molar-refractivity contribution < 1.29 is 24.2 Å². The fraction of sp³-hybridized carbons (Fsp3) is 0.444. The minimum absolute atomic E-state index is 0.231. The Hall–Kier alpha value is -2.34. The van der Waals surface area contributed by atoms with E-state index in [4.69, 9.17) is 9.47 Å². The van der Waals surface area contributed by atoms with Crippen molar-refractivity contribution in [2.45, 2.75) is 32.1 Å². The Morgan fingerprint density at radius 1 is 1.21 bits per heavy atom. The standard InChI is InChI=1S/C18H21NO5/c1-3-23-12-6-4-11(5-7-12)10(2)19-17(20)15-13-8-9-14(24-13)16(15)18(21)22/h4-10,13-16H,3H2,1-2H3,(H,19,20)(H,21,22)/t10-,13+,14+,15+,16+/m0/s1. The van der Waals surface area contributed by atoms with Crippen molar-refractivity contribution in [2.24, 2.45) is 11.8 Å². The molecule has 2 aliphatic heterocycles. The summed E-state index contributed by atoms with van der Waals surface area (Å²) in [6.45, 7) is 4.38. The van der Waals surface area contributed by atoms with E-state index in [2.05, 4.69) is 5.32 Å². The Kier molecular flexibility index (Phi) is 4.57. The highest BCUT2D eigenvalue weighted by molar-refractivity contribution is 5.87. The van der Waals surface area contributed by atoms with Crippen molar-refractivity contribution in [3.63, 3.8) is 0 Å². The van der Waals surface area contributed by atoms with Gasteiger partial charge in [0, 0.05) is 0 Å². The van der Waals surface area contributed by atoms with E-state index in [-0.39, 0.29) is 11.9 Å². The van der Waals surface area contributed by atoms with Crippen LogP contribution in [0.15, 0.2) is 36.4 Å². The van der Waals surface area contributed by atoms with Crippen LogP contribution in [0.1, 0.15) is 25.5 Å². The third-order valence-electron chi connectivity index (χ3n) is 4.54. The molecule has 5 atom stereocenters. The van der Waals surface area contributed by atoms with Gasteiger partial charge in [0.05, 0.1) is 30.8 Å². The Bertz CT molecular complexity index is 654. The number of ether oxygens (including phenoxy) is 2. The van der Waals surface area contributed by atoms with Crippen LogP contribution < -0.4 is 10.1 Å². The number of benzene rings is 1. The zero-order chi connectivity index (χ0) is 17.3. The lowest BCUT2D eigenvalue weighted by Gasteiger charge is -2.23. The highest BCUT2D eigenvalue weighted by atomic mass is 16.5. The number of aliphatic carboxylic acids is 1. The van der Waals surface area contributed by atoms with Gasteiger partial charge in [-0.1, -0.05) is 24.3 Å². The van der Waals surface area contributed by atoms with Gasteiger partial charge in [0.2, 0.25) is 5.91 Å². The molecule has 0 radical (unpaired) electrons. The summed E-state index contributed by atoms with van der Waals surface area (Å²) < 4.78 is 10.9. The maximum absolute atomic E-state index is 12.6. The molecule has 6 nitrogen and oxygen atoms in total. The molecule has 128 valence electrons. The third kappa shape index (κ3) is 3.01. The third-order valence-corrected chi connectivity index (χ3v) is 4.54. The van der Waals surface area contributed by atoms with E-state index in [9.17, 15) is 14.7 Å². The smallest absolute Gasteiger partial charge is 0.310 e. The highest BCUT2D eigenvalue weighted by Crippen LogP contribution is 2.39. The van der Waals surface area contributed by atoms with E-state index < -0.39 is 30.0 Å². The van der Waals surface area contributed by atoms with Gasteiger partial charge >= 0.3 is 5.97 Å². The first-order valence-corrected chi connectivity index (χ1v) is 8.11. The van der Waals surface area contributed by atoms with Crippen LogP contribution in [0.3, 0.4) is 0 Å². The number of nitrogens with one attached hydrogen (secondary N) is 1. The molecule has 1 saturated heterocycles. The summed E-state index contributed by atoms with van der Waals surface area (Å²) in [7, 11) is 0. The second-order valence-electron chi connectivity index (χ2n) is 6.07. The molecule has 1 fully saturated rings. The molecule has 0 aromatic heterocycles. The lowest BCUT2D eigenvalue weighted by Crippen LogP contribution is -2.43. The van der Waals surface area contributed by atoms with Crippen LogP contribution in [-0.4, -0.2) is 35.8 Å². The molecule has 2 N–H and O–H groups in total. The van der Waals surface area contributed by atoms with Gasteiger partial charge in [-0.3, -0.25) is 9.59 Å². The first-order chi connectivity index (χ1) is 11.5. The number of amides is 1. The topological polar surface area (TPSA) is 84.9 Å². The lowest BCUT2D eigenvalue weighted by molar-refractivity contribution is -0.146. The summed E-state index contributed by atoms with van der Waals surface area (Å²) in [5.74, 6) is -2.03. The second kappa shape index (κ2) is 6.65. The van der Waals surface area contributed by atoms with Crippen LogP contribution in [-0.2, 0) is 14.3 Å². The molecule has 1 aromatic carbocycles. The predicted molar refractivity (Wildman–Crippen MR) is 86.6 cm³/mol. The molecular weight excluding hydrogens is 310 g/mol. The van der Waals surface area contributed by atoms with E-state index in [1.54, 1.807) is 12.2 Å². The first-order valence-electron chi connectivity index (χ1n) is 8.11. The first kappa shape index (κ1) is 16.5. The minimum atomic E-state index is -0.999.